The standard InChI is InChI=1S/C43H41N5/c1-5-15-30(16-6-1)38-29-39(45-40(44-38)31-17-7-2-8-18-31)36-25-13-23-34(27-36)35-24-14-26-37(28-35)43-47-41(32-19-9-3-10-20-32)46-42(48-43)33-21-11-4-12-22-33/h1-13,15-21,23,25-29,33,39-40,42-45,48H,14,22,24H2,(H,46,47). The van der Waals surface area contributed by atoms with Gasteiger partial charge < -0.3 is 10.6 Å². The maximum atomic E-state index is 5.23. The number of nitrogens with one attached hydrogen (secondary N) is 4. The zero-order valence-electron chi connectivity index (χ0n) is 27.0. The van der Waals surface area contributed by atoms with Crippen molar-refractivity contribution in [1.82, 2.24) is 21.3 Å². The molecule has 5 unspecified atom stereocenters. The number of hydrogen-bond donors (Lipinski definition) is 4. The van der Waals surface area contributed by atoms with Crippen molar-refractivity contribution in [2.45, 2.75) is 43.8 Å². The summed E-state index contributed by atoms with van der Waals surface area (Å²) in [5.74, 6) is 1.30. The van der Waals surface area contributed by atoms with Crippen molar-refractivity contribution in [3.8, 4) is 0 Å². The fourth-order valence-electron chi connectivity index (χ4n) is 7.10. The molecule has 5 nitrogen and oxygen atoms in total. The SMILES string of the molecule is C1=CCC(C2NC(c3ccccc3)=NC(C3=CCCC(c4cccc(C5C=C(c6ccccc6)NC(c6ccccc6)N5)c4)=C3)N2)C=C1. The van der Waals surface area contributed by atoms with Gasteiger partial charge in [0.2, 0.25) is 0 Å². The summed E-state index contributed by atoms with van der Waals surface area (Å²) in [7, 11) is 0. The van der Waals surface area contributed by atoms with Gasteiger partial charge in [-0.05, 0) is 64.8 Å². The van der Waals surface area contributed by atoms with Crippen LogP contribution >= 0.6 is 0 Å². The molecule has 4 aromatic carbocycles. The van der Waals surface area contributed by atoms with Gasteiger partial charge in [0.15, 0.2) is 0 Å². The van der Waals surface area contributed by atoms with Crippen molar-refractivity contribution in [2.75, 3.05) is 0 Å². The van der Waals surface area contributed by atoms with Gasteiger partial charge in [0.25, 0.3) is 0 Å². The molecule has 0 saturated heterocycles. The zero-order chi connectivity index (χ0) is 32.1. The topological polar surface area (TPSA) is 60.5 Å². The number of hydrogen-bond acceptors (Lipinski definition) is 5. The van der Waals surface area contributed by atoms with Gasteiger partial charge in [-0.2, -0.15) is 0 Å². The van der Waals surface area contributed by atoms with Crippen LogP contribution in [0.3, 0.4) is 0 Å². The molecule has 2 aliphatic heterocycles. The first-order chi connectivity index (χ1) is 23.8. The smallest absolute Gasteiger partial charge is 0.131 e. The highest BCUT2D eigenvalue weighted by atomic mass is 15.3. The van der Waals surface area contributed by atoms with E-state index in [0.29, 0.717) is 5.92 Å². The second-order valence-electron chi connectivity index (χ2n) is 12.9. The highest BCUT2D eigenvalue weighted by Crippen LogP contribution is 2.34. The Labute approximate surface area is 283 Å². The Bertz CT molecular complexity index is 1920. The maximum Gasteiger partial charge on any atom is 0.131 e. The highest BCUT2D eigenvalue weighted by Gasteiger charge is 2.30. The molecule has 0 aromatic heterocycles. The van der Waals surface area contributed by atoms with Crippen LogP contribution in [0.1, 0.15) is 59.3 Å². The van der Waals surface area contributed by atoms with Crippen LogP contribution in [-0.2, 0) is 0 Å². The second-order valence-corrected chi connectivity index (χ2v) is 12.9. The molecule has 0 saturated carbocycles. The molecule has 0 radical (unpaired) electrons. The Morgan fingerprint density at radius 1 is 0.667 bits per heavy atom. The van der Waals surface area contributed by atoms with E-state index in [9.17, 15) is 0 Å². The number of aliphatic imine (C=N–C) groups is 1. The highest BCUT2D eigenvalue weighted by molar-refractivity contribution is 5.99. The second kappa shape index (κ2) is 13.9. The van der Waals surface area contributed by atoms with Crippen LogP contribution in [0.4, 0.5) is 0 Å². The largest absolute Gasteiger partial charge is 0.366 e. The lowest BCUT2D eigenvalue weighted by atomic mass is 9.89. The van der Waals surface area contributed by atoms with Crippen molar-refractivity contribution >= 4 is 17.1 Å². The quantitative estimate of drug-likeness (QED) is 0.167. The van der Waals surface area contributed by atoms with Gasteiger partial charge in [0.1, 0.15) is 18.2 Å². The monoisotopic (exact) mass is 627 g/mol. The Kier molecular flexibility index (Phi) is 8.70. The lowest BCUT2D eigenvalue weighted by molar-refractivity contribution is 0.344. The van der Waals surface area contributed by atoms with Crippen LogP contribution in [0.2, 0.25) is 0 Å². The summed E-state index contributed by atoms with van der Waals surface area (Å²) in [6.07, 6.45) is 18.8. The van der Waals surface area contributed by atoms with Crippen LogP contribution < -0.4 is 21.3 Å². The summed E-state index contributed by atoms with van der Waals surface area (Å²) >= 11 is 0. The van der Waals surface area contributed by atoms with Crippen molar-refractivity contribution < 1.29 is 0 Å². The van der Waals surface area contributed by atoms with E-state index in [0.717, 1.165) is 36.4 Å². The Morgan fingerprint density at radius 3 is 2.17 bits per heavy atom. The average molecular weight is 628 g/mol. The van der Waals surface area contributed by atoms with Gasteiger partial charge in [0, 0.05) is 17.2 Å². The van der Waals surface area contributed by atoms with Gasteiger partial charge in [-0.25, -0.2) is 4.99 Å². The van der Waals surface area contributed by atoms with Crippen molar-refractivity contribution in [3.63, 3.8) is 0 Å². The molecular weight excluding hydrogens is 587 g/mol. The molecule has 0 fully saturated rings. The number of amidine groups is 1. The Morgan fingerprint density at radius 2 is 1.40 bits per heavy atom. The number of rotatable bonds is 7. The van der Waals surface area contributed by atoms with Crippen molar-refractivity contribution in [3.05, 3.63) is 191 Å². The first-order valence-corrected chi connectivity index (χ1v) is 17.1. The van der Waals surface area contributed by atoms with Crippen molar-refractivity contribution in [2.24, 2.45) is 10.9 Å². The van der Waals surface area contributed by atoms with E-state index in [1.807, 2.05) is 0 Å². The summed E-state index contributed by atoms with van der Waals surface area (Å²) in [6, 6.07) is 40.9. The summed E-state index contributed by atoms with van der Waals surface area (Å²) < 4.78 is 0. The minimum absolute atomic E-state index is 0.00593. The molecule has 0 bridgehead atoms. The maximum absolute atomic E-state index is 5.23. The lowest BCUT2D eigenvalue weighted by Gasteiger charge is -2.36. The molecule has 2 heterocycles. The van der Waals surface area contributed by atoms with Crippen LogP contribution in [0.5, 0.6) is 0 Å². The van der Waals surface area contributed by atoms with E-state index < -0.39 is 0 Å². The third kappa shape index (κ3) is 6.61. The molecule has 5 heteroatoms. The van der Waals surface area contributed by atoms with Gasteiger partial charge >= 0.3 is 0 Å². The predicted octanol–water partition coefficient (Wildman–Crippen LogP) is 8.19. The van der Waals surface area contributed by atoms with Gasteiger partial charge in [-0.3, -0.25) is 10.6 Å². The van der Waals surface area contributed by atoms with Crippen LogP contribution in [-0.4, -0.2) is 18.2 Å². The van der Waals surface area contributed by atoms with E-state index in [-0.39, 0.29) is 24.5 Å². The number of allylic oxidation sites excluding steroid dienone is 5. The third-order valence-corrected chi connectivity index (χ3v) is 9.64. The molecule has 2 aliphatic carbocycles. The summed E-state index contributed by atoms with van der Waals surface area (Å²) in [5, 5.41) is 15.2. The van der Waals surface area contributed by atoms with Gasteiger partial charge in [-0.15, -0.1) is 0 Å². The van der Waals surface area contributed by atoms with Gasteiger partial charge in [0.05, 0.1) is 12.2 Å². The molecule has 48 heavy (non-hydrogen) atoms. The molecule has 8 rings (SSSR count). The molecule has 4 N–H and O–H groups in total. The number of nitrogens with zero attached hydrogens (tertiary/aromatic N) is 1. The first kappa shape index (κ1) is 30.1. The molecule has 5 atom stereocenters. The predicted molar refractivity (Wildman–Crippen MR) is 198 cm³/mol. The summed E-state index contributed by atoms with van der Waals surface area (Å²) in [5.41, 5.74) is 9.76. The van der Waals surface area contributed by atoms with Crippen LogP contribution in [0.25, 0.3) is 11.3 Å². The summed E-state index contributed by atoms with van der Waals surface area (Å²) in [6.45, 7) is 0. The Hall–Kier alpha value is -5.23. The normalized spacial score (nSPS) is 25.1. The van der Waals surface area contributed by atoms with E-state index in [4.69, 9.17) is 4.99 Å². The van der Waals surface area contributed by atoms with Crippen LogP contribution in [0.15, 0.2) is 168 Å². The third-order valence-electron chi connectivity index (χ3n) is 9.64. The average Bonchev–Trinajstić information content (AvgIpc) is 3.19. The van der Waals surface area contributed by atoms with E-state index in [2.05, 4.69) is 179 Å². The molecule has 0 amide bonds. The fraction of sp³-hybridized carbons (Fsp3) is 0.186. The van der Waals surface area contributed by atoms with E-state index in [1.165, 1.54) is 33.4 Å². The van der Waals surface area contributed by atoms with Crippen LogP contribution in [0, 0.1) is 5.92 Å². The zero-order valence-corrected chi connectivity index (χ0v) is 27.0. The minimum Gasteiger partial charge on any atom is -0.366 e. The fourth-order valence-corrected chi connectivity index (χ4v) is 7.10. The molecule has 4 aromatic rings. The molecule has 0 spiro atoms. The molecule has 238 valence electrons. The van der Waals surface area contributed by atoms with Crippen molar-refractivity contribution in [1.29, 1.82) is 0 Å². The van der Waals surface area contributed by atoms with E-state index in [1.54, 1.807) is 0 Å². The Balaban J connectivity index is 1.09. The molecule has 4 aliphatic rings. The van der Waals surface area contributed by atoms with Gasteiger partial charge in [-0.1, -0.05) is 146 Å². The minimum atomic E-state index is -0.127. The lowest BCUT2D eigenvalue weighted by Crippen LogP contribution is -2.57. The number of benzene rings is 4. The first-order valence-electron chi connectivity index (χ1n) is 17.1. The summed E-state index contributed by atoms with van der Waals surface area (Å²) in [4.78, 5) is 5.23. The van der Waals surface area contributed by atoms with E-state index >= 15 is 0 Å². The molecular formula is C43H41N5.